The van der Waals surface area contributed by atoms with E-state index < -0.39 is 11.7 Å². The van der Waals surface area contributed by atoms with E-state index in [2.05, 4.69) is 20.4 Å². The van der Waals surface area contributed by atoms with Gasteiger partial charge in [-0.2, -0.15) is 13.2 Å². The van der Waals surface area contributed by atoms with E-state index in [1.165, 1.54) is 12.1 Å². The highest BCUT2D eigenvalue weighted by atomic mass is 19.4. The molecule has 0 radical (unpaired) electrons. The summed E-state index contributed by atoms with van der Waals surface area (Å²) in [4.78, 5) is 14.8. The van der Waals surface area contributed by atoms with E-state index >= 15 is 0 Å². The van der Waals surface area contributed by atoms with Gasteiger partial charge in [0.15, 0.2) is 5.65 Å². The molecular weight excluding hydrogens is 395 g/mol. The van der Waals surface area contributed by atoms with E-state index in [0.29, 0.717) is 12.1 Å². The first-order chi connectivity index (χ1) is 14.3. The van der Waals surface area contributed by atoms with Gasteiger partial charge in [0.2, 0.25) is 11.9 Å². The molecule has 2 aromatic heterocycles. The molecule has 1 aliphatic heterocycles. The van der Waals surface area contributed by atoms with Gasteiger partial charge >= 0.3 is 6.18 Å². The van der Waals surface area contributed by atoms with Gasteiger partial charge in [-0.25, -0.2) is 0 Å². The van der Waals surface area contributed by atoms with Crippen molar-refractivity contribution in [1.29, 1.82) is 0 Å². The summed E-state index contributed by atoms with van der Waals surface area (Å²) in [6.07, 6.45) is -2.76. The van der Waals surface area contributed by atoms with Gasteiger partial charge in [0.05, 0.1) is 11.5 Å². The van der Waals surface area contributed by atoms with Crippen molar-refractivity contribution < 1.29 is 18.0 Å². The number of anilines is 1. The van der Waals surface area contributed by atoms with Crippen LogP contribution in [0.15, 0.2) is 42.5 Å². The van der Waals surface area contributed by atoms with E-state index in [1.54, 1.807) is 0 Å². The van der Waals surface area contributed by atoms with Crippen molar-refractivity contribution in [2.75, 3.05) is 18.0 Å². The molecule has 0 spiro atoms. The summed E-state index contributed by atoms with van der Waals surface area (Å²) in [7, 11) is 0. The number of fused-ring (bicyclic) bond motifs is 1. The molecule has 3 aromatic rings. The molecule has 0 aliphatic carbocycles. The van der Waals surface area contributed by atoms with Crippen LogP contribution < -0.4 is 10.2 Å². The van der Waals surface area contributed by atoms with Crippen LogP contribution in [0.1, 0.15) is 29.7 Å². The predicted molar refractivity (Wildman–Crippen MR) is 106 cm³/mol. The summed E-state index contributed by atoms with van der Waals surface area (Å²) in [6.45, 7) is 3.49. The minimum Gasteiger partial charge on any atom is -0.352 e. The Morgan fingerprint density at radius 2 is 1.93 bits per heavy atom. The number of piperidine rings is 1. The van der Waals surface area contributed by atoms with Gasteiger partial charge in [0.25, 0.3) is 0 Å². The topological polar surface area (TPSA) is 62.5 Å². The van der Waals surface area contributed by atoms with Gasteiger partial charge < -0.3 is 10.2 Å². The van der Waals surface area contributed by atoms with E-state index in [-0.39, 0.29) is 18.4 Å². The zero-order valence-corrected chi connectivity index (χ0v) is 16.5. The van der Waals surface area contributed by atoms with Gasteiger partial charge in [0, 0.05) is 25.3 Å². The molecule has 1 aliphatic rings. The summed E-state index contributed by atoms with van der Waals surface area (Å²) in [6, 6.07) is 10.6. The minimum absolute atomic E-state index is 0.106. The predicted octanol–water partition coefficient (Wildman–Crippen LogP) is 3.59. The SMILES string of the molecule is Cc1cccc2nnc(N3CCCC(C(=O)NCc4ccc(C(F)(F)F)cc4)C3)n12. The van der Waals surface area contributed by atoms with Gasteiger partial charge in [-0.3, -0.25) is 9.20 Å². The van der Waals surface area contributed by atoms with E-state index in [9.17, 15) is 18.0 Å². The Bertz CT molecular complexity index is 1040. The van der Waals surface area contributed by atoms with E-state index in [0.717, 1.165) is 48.8 Å². The number of carbonyl (C=O) groups is 1. The molecule has 30 heavy (non-hydrogen) atoms. The van der Waals surface area contributed by atoms with Crippen LogP contribution in [0, 0.1) is 12.8 Å². The van der Waals surface area contributed by atoms with Crippen molar-refractivity contribution >= 4 is 17.5 Å². The number of nitrogens with one attached hydrogen (secondary N) is 1. The third-order valence-corrected chi connectivity index (χ3v) is 5.43. The van der Waals surface area contributed by atoms with Crippen LogP contribution >= 0.6 is 0 Å². The second-order valence-electron chi connectivity index (χ2n) is 7.56. The Labute approximate surface area is 171 Å². The molecule has 4 rings (SSSR count). The third kappa shape index (κ3) is 4.10. The van der Waals surface area contributed by atoms with Gasteiger partial charge in [0.1, 0.15) is 0 Å². The van der Waals surface area contributed by atoms with Crippen molar-refractivity contribution in [2.45, 2.75) is 32.5 Å². The summed E-state index contributed by atoms with van der Waals surface area (Å²) >= 11 is 0. The van der Waals surface area contributed by atoms with Crippen LogP contribution in [0.25, 0.3) is 5.65 Å². The first kappa shape index (κ1) is 20.2. The lowest BCUT2D eigenvalue weighted by atomic mass is 9.97. The van der Waals surface area contributed by atoms with Crippen LogP contribution in [0.4, 0.5) is 19.1 Å². The fourth-order valence-corrected chi connectivity index (χ4v) is 3.80. The molecule has 1 fully saturated rings. The number of aryl methyl sites for hydroxylation is 1. The number of nitrogens with zero attached hydrogens (tertiary/aromatic N) is 4. The van der Waals surface area contributed by atoms with Gasteiger partial charge in [-0.05, 0) is 49.6 Å². The number of pyridine rings is 1. The normalized spacial score (nSPS) is 17.3. The number of rotatable bonds is 4. The maximum Gasteiger partial charge on any atom is 0.416 e. The molecule has 0 bridgehead atoms. The summed E-state index contributed by atoms with van der Waals surface area (Å²) < 4.78 is 40.0. The standard InChI is InChI=1S/C21H22F3N5O/c1-14-4-2-6-18-26-27-20(29(14)18)28-11-3-5-16(13-28)19(30)25-12-15-7-9-17(10-8-15)21(22,23)24/h2,4,6-10,16H,3,5,11-13H2,1H3,(H,25,30). The van der Waals surface area contributed by atoms with E-state index in [4.69, 9.17) is 0 Å². The fraction of sp³-hybridized carbons (Fsp3) is 0.381. The molecule has 9 heteroatoms. The lowest BCUT2D eigenvalue weighted by Gasteiger charge is -2.32. The Morgan fingerprint density at radius 1 is 1.17 bits per heavy atom. The molecule has 1 aromatic carbocycles. The molecule has 1 saturated heterocycles. The molecule has 3 heterocycles. The highest BCUT2D eigenvalue weighted by molar-refractivity contribution is 5.79. The summed E-state index contributed by atoms with van der Waals surface area (Å²) in [5, 5.41) is 11.4. The average Bonchev–Trinajstić information content (AvgIpc) is 3.17. The number of alkyl halides is 3. The second-order valence-corrected chi connectivity index (χ2v) is 7.56. The lowest BCUT2D eigenvalue weighted by Crippen LogP contribution is -2.43. The minimum atomic E-state index is -4.36. The number of hydrogen-bond donors (Lipinski definition) is 1. The fourth-order valence-electron chi connectivity index (χ4n) is 3.80. The number of hydrogen-bond acceptors (Lipinski definition) is 4. The number of benzene rings is 1. The monoisotopic (exact) mass is 417 g/mol. The van der Waals surface area contributed by atoms with Crippen molar-refractivity contribution in [3.05, 3.63) is 59.3 Å². The first-order valence-electron chi connectivity index (χ1n) is 9.82. The molecule has 1 unspecified atom stereocenters. The van der Waals surface area contributed by atoms with Crippen molar-refractivity contribution in [3.8, 4) is 0 Å². The quantitative estimate of drug-likeness (QED) is 0.705. The van der Waals surface area contributed by atoms with Crippen LogP contribution in [0.3, 0.4) is 0 Å². The Kier molecular flexibility index (Phi) is 5.36. The number of aromatic nitrogens is 3. The van der Waals surface area contributed by atoms with Crippen molar-refractivity contribution in [2.24, 2.45) is 5.92 Å². The molecule has 1 N–H and O–H groups in total. The van der Waals surface area contributed by atoms with Crippen LogP contribution in [-0.4, -0.2) is 33.6 Å². The molecule has 1 atom stereocenters. The maximum atomic E-state index is 12.7. The van der Waals surface area contributed by atoms with Crippen LogP contribution in [0.2, 0.25) is 0 Å². The van der Waals surface area contributed by atoms with Gasteiger partial charge in [-0.15, -0.1) is 10.2 Å². The molecule has 0 saturated carbocycles. The molecular formula is C21H22F3N5O. The second kappa shape index (κ2) is 7.97. The zero-order chi connectivity index (χ0) is 21.3. The number of carbonyl (C=O) groups excluding carboxylic acids is 1. The van der Waals surface area contributed by atoms with Crippen LogP contribution in [-0.2, 0) is 17.5 Å². The van der Waals surface area contributed by atoms with Gasteiger partial charge in [-0.1, -0.05) is 18.2 Å². The maximum absolute atomic E-state index is 12.7. The summed E-state index contributed by atoms with van der Waals surface area (Å²) in [5.74, 6) is 0.401. The lowest BCUT2D eigenvalue weighted by molar-refractivity contribution is -0.137. The van der Waals surface area contributed by atoms with Crippen molar-refractivity contribution in [1.82, 2.24) is 19.9 Å². The van der Waals surface area contributed by atoms with Crippen molar-refractivity contribution in [3.63, 3.8) is 0 Å². The first-order valence-corrected chi connectivity index (χ1v) is 9.82. The molecule has 1 amide bonds. The van der Waals surface area contributed by atoms with E-state index in [1.807, 2.05) is 29.5 Å². The Morgan fingerprint density at radius 3 is 2.67 bits per heavy atom. The largest absolute Gasteiger partial charge is 0.416 e. The Hall–Kier alpha value is -3.10. The van der Waals surface area contributed by atoms with Crippen LogP contribution in [0.5, 0.6) is 0 Å². The molecule has 6 nitrogen and oxygen atoms in total. The third-order valence-electron chi connectivity index (χ3n) is 5.43. The number of amides is 1. The smallest absolute Gasteiger partial charge is 0.352 e. The highest BCUT2D eigenvalue weighted by Crippen LogP contribution is 2.29. The molecule has 158 valence electrons. The Balaban J connectivity index is 1.40. The highest BCUT2D eigenvalue weighted by Gasteiger charge is 2.30. The zero-order valence-electron chi connectivity index (χ0n) is 16.5. The average molecular weight is 417 g/mol. The summed E-state index contributed by atoms with van der Waals surface area (Å²) in [5.41, 5.74) is 1.71. The number of halogens is 3.